The number of alkyl halides is 3. The van der Waals surface area contributed by atoms with Gasteiger partial charge in [-0.05, 0) is 18.2 Å². The molecule has 2 rings (SSSR count). The number of ether oxygens (including phenoxy) is 1. The number of esters is 1. The average Bonchev–Trinajstić information content (AvgIpc) is 2.40. The van der Waals surface area contributed by atoms with Gasteiger partial charge in [-0.1, -0.05) is 0 Å². The molecule has 0 fully saturated rings. The van der Waals surface area contributed by atoms with Crippen molar-refractivity contribution >= 4 is 16.9 Å². The van der Waals surface area contributed by atoms with Crippen molar-refractivity contribution in [3.8, 4) is 0 Å². The summed E-state index contributed by atoms with van der Waals surface area (Å²) in [6.07, 6.45) is -4.65. The summed E-state index contributed by atoms with van der Waals surface area (Å²) in [6, 6.07) is 4.39. The molecule has 0 radical (unpaired) electrons. The van der Waals surface area contributed by atoms with Crippen LogP contribution >= 0.6 is 0 Å². The Morgan fingerprint density at radius 1 is 1.25 bits per heavy atom. The van der Waals surface area contributed by atoms with E-state index in [1.165, 1.54) is 25.2 Å². The summed E-state index contributed by atoms with van der Waals surface area (Å²) in [7, 11) is 2.35. The van der Waals surface area contributed by atoms with E-state index in [9.17, 15) is 22.8 Å². The molecular formula is C13H10F3NO3. The normalized spacial score (nSPS) is 11.7. The van der Waals surface area contributed by atoms with Crippen molar-refractivity contribution in [3.05, 3.63) is 45.7 Å². The van der Waals surface area contributed by atoms with Crippen molar-refractivity contribution in [2.24, 2.45) is 7.05 Å². The summed E-state index contributed by atoms with van der Waals surface area (Å²) in [4.78, 5) is 23.1. The molecule has 0 atom stereocenters. The number of hydrogen-bond donors (Lipinski definition) is 0. The second-order valence-corrected chi connectivity index (χ2v) is 4.17. The van der Waals surface area contributed by atoms with Gasteiger partial charge in [0, 0.05) is 18.5 Å². The van der Waals surface area contributed by atoms with Crippen molar-refractivity contribution in [3.63, 3.8) is 0 Å². The lowest BCUT2D eigenvalue weighted by Gasteiger charge is -2.15. The molecule has 20 heavy (non-hydrogen) atoms. The molecule has 1 heterocycles. The Kier molecular flexibility index (Phi) is 3.29. The summed E-state index contributed by atoms with van der Waals surface area (Å²) < 4.78 is 43.8. The maximum atomic E-state index is 12.8. The van der Waals surface area contributed by atoms with Crippen LogP contribution in [0.1, 0.15) is 16.1 Å². The van der Waals surface area contributed by atoms with Gasteiger partial charge in [-0.15, -0.1) is 0 Å². The van der Waals surface area contributed by atoms with Gasteiger partial charge in [-0.25, -0.2) is 4.79 Å². The lowest BCUT2D eigenvalue weighted by Crippen LogP contribution is -2.19. The van der Waals surface area contributed by atoms with Crippen LogP contribution in [-0.2, 0) is 18.0 Å². The Hall–Kier alpha value is -2.31. The van der Waals surface area contributed by atoms with Crippen molar-refractivity contribution in [2.45, 2.75) is 6.18 Å². The molecule has 1 aromatic carbocycles. The average molecular weight is 285 g/mol. The molecule has 0 spiro atoms. The van der Waals surface area contributed by atoms with Gasteiger partial charge in [0.15, 0.2) is 5.43 Å². The Labute approximate surface area is 111 Å². The minimum Gasteiger partial charge on any atom is -0.465 e. The number of nitrogens with zero attached hydrogens (tertiary/aromatic N) is 1. The number of rotatable bonds is 1. The molecule has 0 saturated carbocycles. The van der Waals surface area contributed by atoms with Gasteiger partial charge in [0.2, 0.25) is 0 Å². The summed E-state index contributed by atoms with van der Waals surface area (Å²) in [5.41, 5.74) is -1.72. The summed E-state index contributed by atoms with van der Waals surface area (Å²) >= 11 is 0. The molecule has 0 amide bonds. The highest BCUT2D eigenvalue weighted by molar-refractivity contribution is 5.94. The number of fused-ring (bicyclic) bond motifs is 1. The smallest absolute Gasteiger partial charge is 0.431 e. The van der Waals surface area contributed by atoms with E-state index in [1.807, 2.05) is 0 Å². The number of aryl methyl sites for hydroxylation is 1. The van der Waals surface area contributed by atoms with E-state index in [0.29, 0.717) is 6.07 Å². The van der Waals surface area contributed by atoms with Crippen LogP contribution in [0.15, 0.2) is 29.1 Å². The van der Waals surface area contributed by atoms with Gasteiger partial charge in [0.05, 0.1) is 18.2 Å². The summed E-state index contributed by atoms with van der Waals surface area (Å²) in [5, 5.41) is 0.105. The highest BCUT2D eigenvalue weighted by Gasteiger charge is 2.34. The maximum Gasteiger partial charge on any atom is 0.431 e. The second kappa shape index (κ2) is 4.66. The molecule has 0 N–H and O–H groups in total. The molecule has 1 aromatic heterocycles. The molecule has 2 aromatic rings. The van der Waals surface area contributed by atoms with Crippen molar-refractivity contribution in [2.75, 3.05) is 7.11 Å². The van der Waals surface area contributed by atoms with E-state index < -0.39 is 23.3 Å². The van der Waals surface area contributed by atoms with Gasteiger partial charge in [0.1, 0.15) is 5.69 Å². The van der Waals surface area contributed by atoms with Crippen molar-refractivity contribution in [1.82, 2.24) is 4.57 Å². The summed E-state index contributed by atoms with van der Waals surface area (Å²) in [5.74, 6) is -0.684. The van der Waals surface area contributed by atoms with Gasteiger partial charge in [-0.3, -0.25) is 4.79 Å². The van der Waals surface area contributed by atoms with Crippen LogP contribution in [0.3, 0.4) is 0 Å². The standard InChI is InChI=1S/C13H10F3NO3/c1-17-9-5-7(12(19)20-2)3-4-8(9)10(18)6-11(17)13(14,15)16/h3-6H,1-2H3. The molecule has 0 bridgehead atoms. The number of halogens is 3. The van der Waals surface area contributed by atoms with Gasteiger partial charge < -0.3 is 9.30 Å². The quantitative estimate of drug-likeness (QED) is 0.756. The Balaban J connectivity index is 2.83. The van der Waals surface area contributed by atoms with E-state index in [1.54, 1.807) is 0 Å². The topological polar surface area (TPSA) is 48.3 Å². The zero-order valence-corrected chi connectivity index (χ0v) is 10.6. The zero-order valence-electron chi connectivity index (χ0n) is 10.6. The van der Waals surface area contributed by atoms with E-state index in [4.69, 9.17) is 0 Å². The lowest BCUT2D eigenvalue weighted by atomic mass is 10.1. The van der Waals surface area contributed by atoms with Crippen LogP contribution in [0.25, 0.3) is 10.9 Å². The van der Waals surface area contributed by atoms with Crippen LogP contribution in [0, 0.1) is 0 Å². The zero-order chi connectivity index (χ0) is 15.1. The molecular weight excluding hydrogens is 275 g/mol. The molecule has 4 nitrogen and oxygen atoms in total. The van der Waals surface area contributed by atoms with Crippen LogP contribution < -0.4 is 5.43 Å². The van der Waals surface area contributed by atoms with Gasteiger partial charge in [-0.2, -0.15) is 13.2 Å². The highest BCUT2D eigenvalue weighted by atomic mass is 19.4. The van der Waals surface area contributed by atoms with Crippen LogP contribution in [0.5, 0.6) is 0 Å². The molecule has 7 heteroatoms. The Morgan fingerprint density at radius 2 is 1.90 bits per heavy atom. The van der Waals surface area contributed by atoms with Crippen LogP contribution in [-0.4, -0.2) is 17.6 Å². The lowest BCUT2D eigenvalue weighted by molar-refractivity contribution is -0.143. The second-order valence-electron chi connectivity index (χ2n) is 4.17. The largest absolute Gasteiger partial charge is 0.465 e. The van der Waals surface area contributed by atoms with Crippen LogP contribution in [0.4, 0.5) is 13.2 Å². The molecule has 0 aliphatic heterocycles. The Bertz CT molecular complexity index is 747. The van der Waals surface area contributed by atoms with Gasteiger partial charge in [0.25, 0.3) is 0 Å². The number of carbonyl (C=O) groups excluding carboxylic acids is 1. The van der Waals surface area contributed by atoms with Crippen LogP contribution in [0.2, 0.25) is 0 Å². The third-order valence-corrected chi connectivity index (χ3v) is 2.97. The van der Waals surface area contributed by atoms with Crippen molar-refractivity contribution < 1.29 is 22.7 Å². The minimum atomic E-state index is -4.65. The van der Waals surface area contributed by atoms with Crippen molar-refractivity contribution in [1.29, 1.82) is 0 Å². The number of aromatic nitrogens is 1. The SMILES string of the molecule is COC(=O)c1ccc2c(=O)cc(C(F)(F)F)n(C)c2c1. The van der Waals surface area contributed by atoms with E-state index in [-0.39, 0.29) is 16.5 Å². The van der Waals surface area contributed by atoms with E-state index in [0.717, 1.165) is 11.7 Å². The Morgan fingerprint density at radius 3 is 2.45 bits per heavy atom. The maximum absolute atomic E-state index is 12.8. The third kappa shape index (κ3) is 2.26. The minimum absolute atomic E-state index is 0.0210. The highest BCUT2D eigenvalue weighted by Crippen LogP contribution is 2.29. The molecule has 0 saturated heterocycles. The molecule has 0 aliphatic carbocycles. The fourth-order valence-electron chi connectivity index (χ4n) is 1.96. The first-order valence-electron chi connectivity index (χ1n) is 5.55. The first-order chi connectivity index (χ1) is 9.25. The number of carbonyl (C=O) groups is 1. The number of benzene rings is 1. The number of methoxy groups -OCH3 is 1. The first-order valence-corrected chi connectivity index (χ1v) is 5.55. The molecule has 0 aliphatic rings. The van der Waals surface area contributed by atoms with E-state index in [2.05, 4.69) is 4.74 Å². The summed E-state index contributed by atoms with van der Waals surface area (Å²) in [6.45, 7) is 0. The number of hydrogen-bond acceptors (Lipinski definition) is 3. The van der Waals surface area contributed by atoms with E-state index >= 15 is 0 Å². The van der Waals surface area contributed by atoms with Gasteiger partial charge >= 0.3 is 12.1 Å². The predicted octanol–water partition coefficient (Wildman–Crippen LogP) is 2.34. The number of pyridine rings is 1. The molecule has 106 valence electrons. The fourth-order valence-corrected chi connectivity index (χ4v) is 1.96. The molecule has 0 unspecified atom stereocenters. The predicted molar refractivity (Wildman–Crippen MR) is 65.5 cm³/mol. The first kappa shape index (κ1) is 14.1. The monoisotopic (exact) mass is 285 g/mol. The third-order valence-electron chi connectivity index (χ3n) is 2.97. The fraction of sp³-hybridized carbons (Fsp3) is 0.231.